The van der Waals surface area contributed by atoms with Gasteiger partial charge < -0.3 is 10.6 Å². The fourth-order valence-corrected chi connectivity index (χ4v) is 2.78. The van der Waals surface area contributed by atoms with Crippen LogP contribution in [0.25, 0.3) is 0 Å². The summed E-state index contributed by atoms with van der Waals surface area (Å²) in [6.45, 7) is 9.05. The van der Waals surface area contributed by atoms with E-state index >= 15 is 0 Å². The monoisotopic (exact) mass is 366 g/mol. The fraction of sp³-hybridized carbons (Fsp3) is 0.375. The predicted molar refractivity (Wildman–Crippen MR) is 118 cm³/mol. The Labute approximate surface area is 166 Å². The van der Waals surface area contributed by atoms with Crippen LogP contribution in [0.4, 0.5) is 5.69 Å². The van der Waals surface area contributed by atoms with Crippen molar-refractivity contribution >= 4 is 11.6 Å². The quantitative estimate of drug-likeness (QED) is 0.638. The van der Waals surface area contributed by atoms with Crippen LogP contribution >= 0.6 is 0 Å². The highest BCUT2D eigenvalue weighted by Gasteiger charge is 2.13. The van der Waals surface area contributed by atoms with Gasteiger partial charge in [-0.2, -0.15) is 0 Å². The number of carbonyl (C=O) groups excluding carboxylic acids is 1. The van der Waals surface area contributed by atoms with Crippen molar-refractivity contribution in [2.24, 2.45) is 5.41 Å². The lowest BCUT2D eigenvalue weighted by Gasteiger charge is -2.15. The maximum Gasteiger partial charge on any atom is 0.241 e. The average Bonchev–Trinajstić information content (AvgIpc) is 2.66. The summed E-state index contributed by atoms with van der Waals surface area (Å²) in [5.41, 5.74) is 2.94. The van der Waals surface area contributed by atoms with Gasteiger partial charge in [0.2, 0.25) is 5.91 Å². The molecular formula is C24H34N2O. The van der Waals surface area contributed by atoms with E-state index < -0.39 is 0 Å². The van der Waals surface area contributed by atoms with Crippen LogP contribution in [-0.2, 0) is 11.3 Å². The molecule has 2 N–H and O–H groups in total. The molecule has 1 atom stereocenters. The van der Waals surface area contributed by atoms with Gasteiger partial charge in [-0.05, 0) is 57.0 Å². The van der Waals surface area contributed by atoms with Gasteiger partial charge in [-0.3, -0.25) is 4.79 Å². The molecule has 0 heterocycles. The summed E-state index contributed by atoms with van der Waals surface area (Å²) in [5, 5.41) is 6.19. The molecule has 0 spiro atoms. The number of nitrogens with one attached hydrogen (secondary N) is 2. The molecule has 0 fully saturated rings. The maximum atomic E-state index is 12.3. The number of anilines is 1. The van der Waals surface area contributed by atoms with Crippen LogP contribution in [-0.4, -0.2) is 11.9 Å². The van der Waals surface area contributed by atoms with Crippen LogP contribution in [0.15, 0.2) is 54.6 Å². The molecule has 146 valence electrons. The smallest absolute Gasteiger partial charge is 0.241 e. The third kappa shape index (κ3) is 7.29. The molecule has 27 heavy (non-hydrogen) atoms. The first kappa shape index (κ1) is 20.7. The summed E-state index contributed by atoms with van der Waals surface area (Å²) in [5.74, 6) is 6.53. The molecule has 0 aliphatic carbocycles. The Morgan fingerprint density at radius 2 is 1.78 bits per heavy atom. The van der Waals surface area contributed by atoms with Gasteiger partial charge in [0, 0.05) is 26.1 Å². The van der Waals surface area contributed by atoms with E-state index in [4.69, 9.17) is 0 Å². The molecule has 0 saturated heterocycles. The number of carbonyl (C=O) groups is 1. The summed E-state index contributed by atoms with van der Waals surface area (Å²) < 4.78 is 0. The highest BCUT2D eigenvalue weighted by Crippen LogP contribution is 2.21. The maximum absolute atomic E-state index is 12.3. The fourth-order valence-electron chi connectivity index (χ4n) is 2.78. The van der Waals surface area contributed by atoms with Gasteiger partial charge in [-0.15, -0.1) is 0 Å². The first-order valence-electron chi connectivity index (χ1n) is 9.61. The molecule has 0 aliphatic heterocycles. The van der Waals surface area contributed by atoms with Crippen LogP contribution in [0, 0.1) is 17.3 Å². The zero-order chi connectivity index (χ0) is 19.7. The molecule has 0 saturated carbocycles. The molecule has 0 bridgehead atoms. The normalized spacial score (nSPS) is 12.0. The van der Waals surface area contributed by atoms with Gasteiger partial charge in [0.1, 0.15) is 0 Å². The molecule has 1 amide bonds. The third-order valence-corrected chi connectivity index (χ3v) is 4.42. The van der Waals surface area contributed by atoms with E-state index in [0.29, 0.717) is 6.54 Å². The Balaban J connectivity index is 0.00000392. The molecule has 3 heteroatoms. The SMILES string of the molecule is CCCC(C)(C)C#Cc1ccc(NC(=O)C(C)NCc2ccccc2)cc1.[HH].[HH]. The Morgan fingerprint density at radius 3 is 2.41 bits per heavy atom. The lowest BCUT2D eigenvalue weighted by atomic mass is 9.89. The van der Waals surface area contributed by atoms with E-state index in [0.717, 1.165) is 29.7 Å². The number of amides is 1. The van der Waals surface area contributed by atoms with Gasteiger partial charge in [0.25, 0.3) is 0 Å². The minimum atomic E-state index is -0.278. The molecule has 3 nitrogen and oxygen atoms in total. The van der Waals surface area contributed by atoms with E-state index in [9.17, 15) is 4.79 Å². The van der Waals surface area contributed by atoms with Crippen molar-refractivity contribution in [3.05, 3.63) is 65.7 Å². The first-order valence-corrected chi connectivity index (χ1v) is 9.61. The first-order chi connectivity index (χ1) is 12.9. The van der Waals surface area contributed by atoms with Crippen molar-refractivity contribution in [3.63, 3.8) is 0 Å². The minimum Gasteiger partial charge on any atom is -0.325 e. The molecule has 2 aromatic carbocycles. The van der Waals surface area contributed by atoms with Crippen LogP contribution in [0.1, 0.15) is 54.5 Å². The second-order valence-electron chi connectivity index (χ2n) is 7.54. The lowest BCUT2D eigenvalue weighted by molar-refractivity contribution is -0.117. The van der Waals surface area contributed by atoms with Gasteiger partial charge in [-0.25, -0.2) is 0 Å². The van der Waals surface area contributed by atoms with Crippen LogP contribution < -0.4 is 10.6 Å². The van der Waals surface area contributed by atoms with Crippen LogP contribution in [0.3, 0.4) is 0 Å². The number of rotatable bonds is 7. The number of hydrogen-bond donors (Lipinski definition) is 2. The summed E-state index contributed by atoms with van der Waals surface area (Å²) in [7, 11) is 0. The zero-order valence-electron chi connectivity index (χ0n) is 16.8. The largest absolute Gasteiger partial charge is 0.325 e. The highest BCUT2D eigenvalue weighted by atomic mass is 16.2. The van der Waals surface area contributed by atoms with Crippen LogP contribution in [0.2, 0.25) is 0 Å². The van der Waals surface area contributed by atoms with Crippen molar-refractivity contribution in [2.75, 3.05) is 5.32 Å². The van der Waals surface area contributed by atoms with E-state index in [-0.39, 0.29) is 20.2 Å². The van der Waals surface area contributed by atoms with E-state index in [1.54, 1.807) is 0 Å². The number of benzene rings is 2. The zero-order valence-corrected chi connectivity index (χ0v) is 16.8. The van der Waals surface area contributed by atoms with Crippen molar-refractivity contribution in [1.82, 2.24) is 5.32 Å². The highest BCUT2D eigenvalue weighted by molar-refractivity contribution is 5.94. The Kier molecular flexibility index (Phi) is 7.64. The van der Waals surface area contributed by atoms with Gasteiger partial charge >= 0.3 is 0 Å². The Hall–Kier alpha value is -2.57. The Morgan fingerprint density at radius 1 is 1.11 bits per heavy atom. The van der Waals surface area contributed by atoms with Crippen molar-refractivity contribution in [2.45, 2.75) is 53.1 Å². The average molecular weight is 367 g/mol. The summed E-state index contributed by atoms with van der Waals surface area (Å²) in [6.07, 6.45) is 2.21. The van der Waals surface area contributed by atoms with Crippen molar-refractivity contribution in [1.29, 1.82) is 0 Å². The van der Waals surface area contributed by atoms with E-state index in [2.05, 4.69) is 43.2 Å². The molecule has 2 rings (SSSR count). The molecule has 2 aromatic rings. The van der Waals surface area contributed by atoms with Gasteiger partial charge in [-0.1, -0.05) is 55.5 Å². The molecular weight excluding hydrogens is 332 g/mol. The number of hydrogen-bond acceptors (Lipinski definition) is 2. The molecule has 0 aromatic heterocycles. The summed E-state index contributed by atoms with van der Waals surface area (Å²) in [4.78, 5) is 12.3. The van der Waals surface area contributed by atoms with Crippen molar-refractivity contribution in [3.8, 4) is 11.8 Å². The van der Waals surface area contributed by atoms with Gasteiger partial charge in [0.15, 0.2) is 0 Å². The molecule has 1 unspecified atom stereocenters. The lowest BCUT2D eigenvalue weighted by Crippen LogP contribution is -2.37. The second kappa shape index (κ2) is 9.94. The third-order valence-electron chi connectivity index (χ3n) is 4.42. The molecule has 0 radical (unpaired) electrons. The topological polar surface area (TPSA) is 41.1 Å². The van der Waals surface area contributed by atoms with Crippen LogP contribution in [0.5, 0.6) is 0 Å². The molecule has 0 aliphatic rings. The van der Waals surface area contributed by atoms with Crippen molar-refractivity contribution < 1.29 is 7.65 Å². The summed E-state index contributed by atoms with van der Waals surface area (Å²) in [6, 6.07) is 17.5. The minimum absolute atomic E-state index is 0. The summed E-state index contributed by atoms with van der Waals surface area (Å²) >= 11 is 0. The van der Waals surface area contributed by atoms with E-state index in [1.807, 2.05) is 61.5 Å². The second-order valence-corrected chi connectivity index (χ2v) is 7.54. The standard InChI is InChI=1S/C24H30N2O.2H2/c1-5-16-24(3,4)17-15-20-11-13-22(14-12-20)26-23(27)19(2)25-18-21-9-7-6-8-10-21;;/h6-14,19,25H,5,16,18H2,1-4H3,(H,26,27);2*1H. The Bertz CT molecular complexity index is 793. The van der Waals surface area contributed by atoms with E-state index in [1.165, 1.54) is 0 Å². The predicted octanol–water partition coefficient (Wildman–Crippen LogP) is 5.47. The van der Waals surface area contributed by atoms with Gasteiger partial charge in [0.05, 0.1) is 6.04 Å².